The first-order valence-corrected chi connectivity index (χ1v) is 8.87. The van der Waals surface area contributed by atoms with Gasteiger partial charge in [0.1, 0.15) is 0 Å². The van der Waals surface area contributed by atoms with Crippen molar-refractivity contribution in [3.63, 3.8) is 0 Å². The topological polar surface area (TPSA) is 15.3 Å². The lowest BCUT2D eigenvalue weighted by Crippen LogP contribution is -2.61. The molecule has 0 saturated heterocycles. The summed E-state index contributed by atoms with van der Waals surface area (Å²) in [6, 6.07) is 9.09. The van der Waals surface area contributed by atoms with Crippen LogP contribution in [0.5, 0.6) is 0 Å². The molecule has 3 heteroatoms. The van der Waals surface area contributed by atoms with E-state index in [1.807, 2.05) is 0 Å². The monoisotopic (exact) mass is 352 g/mol. The fourth-order valence-electron chi connectivity index (χ4n) is 4.04. The number of hydrogen-bond acceptors (Lipinski definition) is 2. The molecule has 0 heterocycles. The molecule has 2 rings (SSSR count). The Morgan fingerprint density at radius 1 is 1.38 bits per heavy atom. The summed E-state index contributed by atoms with van der Waals surface area (Å²) < 4.78 is 1.23. The average Bonchev–Trinajstić information content (AvgIpc) is 2.46. The van der Waals surface area contributed by atoms with Crippen molar-refractivity contribution in [2.75, 3.05) is 21.1 Å². The number of halogens is 1. The van der Waals surface area contributed by atoms with Gasteiger partial charge in [-0.3, -0.25) is 0 Å². The van der Waals surface area contributed by atoms with Gasteiger partial charge >= 0.3 is 0 Å². The molecule has 1 fully saturated rings. The van der Waals surface area contributed by atoms with E-state index in [4.69, 9.17) is 0 Å². The van der Waals surface area contributed by atoms with Gasteiger partial charge in [0, 0.05) is 16.1 Å². The van der Waals surface area contributed by atoms with Gasteiger partial charge in [-0.25, -0.2) is 0 Å². The molecule has 118 valence electrons. The maximum Gasteiger partial charge on any atom is 0.0362 e. The van der Waals surface area contributed by atoms with Crippen LogP contribution in [0, 0.1) is 5.92 Å². The first-order chi connectivity index (χ1) is 9.99. The van der Waals surface area contributed by atoms with Crippen LogP contribution in [0.3, 0.4) is 0 Å². The van der Waals surface area contributed by atoms with Gasteiger partial charge in [-0.15, -0.1) is 0 Å². The van der Waals surface area contributed by atoms with Crippen molar-refractivity contribution in [2.24, 2.45) is 5.92 Å². The van der Waals surface area contributed by atoms with Crippen molar-refractivity contribution in [3.05, 3.63) is 34.3 Å². The van der Waals surface area contributed by atoms with Gasteiger partial charge in [-0.2, -0.15) is 0 Å². The van der Waals surface area contributed by atoms with E-state index in [9.17, 15) is 0 Å². The highest BCUT2D eigenvalue weighted by Gasteiger charge is 2.43. The molecule has 1 N–H and O–H groups in total. The van der Waals surface area contributed by atoms with Crippen LogP contribution < -0.4 is 5.32 Å². The Labute approximate surface area is 138 Å². The molecule has 1 aromatic carbocycles. The smallest absolute Gasteiger partial charge is 0.0362 e. The van der Waals surface area contributed by atoms with Crippen molar-refractivity contribution in [1.82, 2.24) is 10.2 Å². The van der Waals surface area contributed by atoms with E-state index >= 15 is 0 Å². The number of nitrogens with zero attached hydrogens (tertiary/aromatic N) is 1. The molecule has 0 spiro atoms. The molecule has 0 aromatic heterocycles. The average molecular weight is 353 g/mol. The Bertz CT molecular complexity index is 460. The summed E-state index contributed by atoms with van der Waals surface area (Å²) in [6.07, 6.45) is 6.37. The Morgan fingerprint density at radius 3 is 2.67 bits per heavy atom. The number of benzene rings is 1. The van der Waals surface area contributed by atoms with Crippen LogP contribution in [0.15, 0.2) is 28.7 Å². The third kappa shape index (κ3) is 3.69. The predicted molar refractivity (Wildman–Crippen MR) is 94.7 cm³/mol. The Balaban J connectivity index is 2.26. The zero-order valence-corrected chi connectivity index (χ0v) is 15.4. The van der Waals surface area contributed by atoms with Gasteiger partial charge in [-0.1, -0.05) is 53.9 Å². The Kier molecular flexibility index (Phi) is 5.87. The SMILES string of the molecule is CNC(Cc1ccccc1Br)C1(N(C)C)CCCC(C)C1. The summed E-state index contributed by atoms with van der Waals surface area (Å²) in [7, 11) is 6.62. The molecule has 1 aliphatic carbocycles. The van der Waals surface area contributed by atoms with Crippen molar-refractivity contribution >= 4 is 15.9 Å². The minimum Gasteiger partial charge on any atom is -0.315 e. The highest BCUT2D eigenvalue weighted by Crippen LogP contribution is 2.39. The number of rotatable bonds is 5. The first kappa shape index (κ1) is 17.0. The summed E-state index contributed by atoms with van der Waals surface area (Å²) >= 11 is 3.70. The molecular weight excluding hydrogens is 324 g/mol. The fourth-order valence-corrected chi connectivity index (χ4v) is 4.49. The fraction of sp³-hybridized carbons (Fsp3) is 0.667. The zero-order valence-electron chi connectivity index (χ0n) is 13.8. The first-order valence-electron chi connectivity index (χ1n) is 8.07. The summed E-state index contributed by atoms with van der Waals surface area (Å²) in [4.78, 5) is 2.47. The summed E-state index contributed by atoms with van der Waals surface area (Å²) in [6.45, 7) is 2.41. The molecule has 1 aromatic rings. The van der Waals surface area contributed by atoms with E-state index in [2.05, 4.69) is 78.5 Å². The van der Waals surface area contributed by atoms with Crippen LogP contribution in [-0.4, -0.2) is 37.6 Å². The van der Waals surface area contributed by atoms with Crippen molar-refractivity contribution < 1.29 is 0 Å². The largest absolute Gasteiger partial charge is 0.315 e. The number of hydrogen-bond donors (Lipinski definition) is 1. The van der Waals surface area contributed by atoms with Gasteiger partial charge in [0.15, 0.2) is 0 Å². The summed E-state index contributed by atoms with van der Waals surface area (Å²) in [5.74, 6) is 0.816. The Morgan fingerprint density at radius 2 is 2.10 bits per heavy atom. The van der Waals surface area contributed by atoms with Gasteiger partial charge in [0.25, 0.3) is 0 Å². The van der Waals surface area contributed by atoms with Gasteiger partial charge in [-0.05, 0) is 58.0 Å². The van der Waals surface area contributed by atoms with Crippen LogP contribution in [0.25, 0.3) is 0 Å². The van der Waals surface area contributed by atoms with E-state index in [1.165, 1.54) is 35.7 Å². The van der Waals surface area contributed by atoms with Crippen molar-refractivity contribution in [3.8, 4) is 0 Å². The normalized spacial score (nSPS) is 27.8. The van der Waals surface area contributed by atoms with Crippen LogP contribution in [0.2, 0.25) is 0 Å². The molecule has 1 saturated carbocycles. The lowest BCUT2D eigenvalue weighted by Gasteiger charge is -2.50. The molecular formula is C18H29BrN2. The molecule has 0 bridgehead atoms. The quantitative estimate of drug-likeness (QED) is 0.858. The van der Waals surface area contributed by atoms with Crippen LogP contribution >= 0.6 is 15.9 Å². The highest BCUT2D eigenvalue weighted by molar-refractivity contribution is 9.10. The van der Waals surface area contributed by atoms with Crippen molar-refractivity contribution in [2.45, 2.75) is 50.6 Å². The van der Waals surface area contributed by atoms with Crippen LogP contribution in [0.1, 0.15) is 38.2 Å². The zero-order chi connectivity index (χ0) is 15.5. The molecule has 0 aliphatic heterocycles. The lowest BCUT2D eigenvalue weighted by atomic mass is 9.70. The second-order valence-corrected chi connectivity index (χ2v) is 7.69. The maximum absolute atomic E-state index is 3.70. The third-order valence-corrected chi connectivity index (χ3v) is 6.05. The van der Waals surface area contributed by atoms with E-state index in [-0.39, 0.29) is 5.54 Å². The standard InChI is InChI=1S/C18H29BrN2/c1-14-8-7-11-18(13-14,21(3)4)17(20-2)12-15-9-5-6-10-16(15)19/h5-6,9-10,14,17,20H,7-8,11-13H2,1-4H3. The molecule has 0 amide bonds. The Hall–Kier alpha value is -0.380. The van der Waals surface area contributed by atoms with Crippen molar-refractivity contribution in [1.29, 1.82) is 0 Å². The van der Waals surface area contributed by atoms with E-state index < -0.39 is 0 Å². The van der Waals surface area contributed by atoms with Crippen LogP contribution in [-0.2, 0) is 6.42 Å². The molecule has 3 atom stereocenters. The van der Waals surface area contributed by atoms with E-state index in [0.29, 0.717) is 6.04 Å². The van der Waals surface area contributed by atoms with Gasteiger partial charge in [0.05, 0.1) is 0 Å². The molecule has 21 heavy (non-hydrogen) atoms. The molecule has 3 unspecified atom stereocenters. The lowest BCUT2D eigenvalue weighted by molar-refractivity contribution is 0.0398. The number of likely N-dealkylation sites (N-methyl/N-ethyl adjacent to an activating group) is 2. The molecule has 2 nitrogen and oxygen atoms in total. The maximum atomic E-state index is 3.70. The minimum absolute atomic E-state index is 0.266. The predicted octanol–water partition coefficient (Wildman–Crippen LogP) is 4.09. The third-order valence-electron chi connectivity index (χ3n) is 5.28. The highest BCUT2D eigenvalue weighted by atomic mass is 79.9. The second kappa shape index (κ2) is 7.26. The molecule has 0 radical (unpaired) electrons. The second-order valence-electron chi connectivity index (χ2n) is 6.84. The minimum atomic E-state index is 0.266. The van der Waals surface area contributed by atoms with E-state index in [1.54, 1.807) is 0 Å². The summed E-state index contributed by atoms with van der Waals surface area (Å²) in [5, 5.41) is 3.63. The van der Waals surface area contributed by atoms with Gasteiger partial charge in [0.2, 0.25) is 0 Å². The molecule has 1 aliphatic rings. The summed E-state index contributed by atoms with van der Waals surface area (Å²) in [5.41, 5.74) is 1.66. The van der Waals surface area contributed by atoms with E-state index in [0.717, 1.165) is 12.3 Å². The number of nitrogens with one attached hydrogen (secondary N) is 1. The van der Waals surface area contributed by atoms with Gasteiger partial charge < -0.3 is 10.2 Å². The van der Waals surface area contributed by atoms with Crippen LogP contribution in [0.4, 0.5) is 0 Å².